The zero-order chi connectivity index (χ0) is 19.3. The van der Waals surface area contributed by atoms with Crippen molar-refractivity contribution in [1.29, 1.82) is 5.26 Å². The molecule has 0 fully saturated rings. The summed E-state index contributed by atoms with van der Waals surface area (Å²) >= 11 is 0. The Kier molecular flexibility index (Phi) is 3.42. The van der Waals surface area contributed by atoms with Crippen molar-refractivity contribution >= 4 is 17.3 Å². The summed E-state index contributed by atoms with van der Waals surface area (Å²) in [5.41, 5.74) is 5.60. The van der Waals surface area contributed by atoms with Gasteiger partial charge in [-0.05, 0) is 12.5 Å². The first-order valence-electron chi connectivity index (χ1n) is 8.21. The quantitative estimate of drug-likeness (QED) is 0.549. The number of aromatic amines is 1. The summed E-state index contributed by atoms with van der Waals surface area (Å²) in [4.78, 5) is 23.9. The molecule has 136 valence electrons. The van der Waals surface area contributed by atoms with E-state index in [4.69, 9.17) is 10.5 Å². The molecule has 0 unspecified atom stereocenters. The van der Waals surface area contributed by atoms with Gasteiger partial charge in [0.15, 0.2) is 0 Å². The first kappa shape index (κ1) is 16.6. The first-order valence-corrected chi connectivity index (χ1v) is 8.21. The van der Waals surface area contributed by atoms with Crippen LogP contribution in [0.3, 0.4) is 0 Å². The summed E-state index contributed by atoms with van der Waals surface area (Å²) in [5, 5.41) is 30.7. The molecule has 10 heteroatoms. The number of nitrogens with two attached hydrogens (primary N) is 1. The average molecular weight is 366 g/mol. The number of nitrogens with one attached hydrogen (secondary N) is 2. The minimum absolute atomic E-state index is 0.0875. The summed E-state index contributed by atoms with van der Waals surface area (Å²) in [7, 11) is 0. The number of carbonyl (C=O) groups excluding carboxylic acids is 1. The number of nitro benzene ring substituents is 1. The van der Waals surface area contributed by atoms with Gasteiger partial charge < -0.3 is 15.8 Å². The van der Waals surface area contributed by atoms with E-state index in [0.29, 0.717) is 23.4 Å². The molecule has 1 amide bonds. The number of aryl methyl sites for hydroxylation is 1. The number of hydrogen-bond donors (Lipinski definition) is 3. The van der Waals surface area contributed by atoms with Crippen molar-refractivity contribution in [2.45, 2.75) is 25.2 Å². The van der Waals surface area contributed by atoms with Crippen molar-refractivity contribution in [3.8, 4) is 11.9 Å². The van der Waals surface area contributed by atoms with E-state index in [2.05, 4.69) is 15.5 Å². The number of fused-ring (bicyclic) bond motifs is 4. The molecule has 1 spiro atoms. The van der Waals surface area contributed by atoms with Crippen LogP contribution < -0.4 is 15.8 Å². The van der Waals surface area contributed by atoms with Crippen molar-refractivity contribution in [2.24, 2.45) is 5.73 Å². The Morgan fingerprint density at radius 2 is 2.26 bits per heavy atom. The predicted molar refractivity (Wildman–Crippen MR) is 92.5 cm³/mol. The minimum Gasteiger partial charge on any atom is -0.420 e. The number of benzene rings is 1. The van der Waals surface area contributed by atoms with Gasteiger partial charge >= 0.3 is 0 Å². The number of nitriles is 1. The smallest absolute Gasteiger partial charge is 0.269 e. The largest absolute Gasteiger partial charge is 0.420 e. The minimum atomic E-state index is -1.65. The van der Waals surface area contributed by atoms with Gasteiger partial charge in [0.1, 0.15) is 17.1 Å². The monoisotopic (exact) mass is 366 g/mol. The third-order valence-corrected chi connectivity index (χ3v) is 4.83. The molecule has 1 aromatic heterocycles. The molecule has 1 atom stereocenters. The third kappa shape index (κ3) is 1.99. The number of non-ortho nitro benzene ring substituents is 1. The number of hydrogen-bond acceptors (Lipinski definition) is 7. The normalized spacial score (nSPS) is 19.9. The molecule has 0 aliphatic carbocycles. The van der Waals surface area contributed by atoms with Crippen LogP contribution in [0.25, 0.3) is 0 Å². The molecule has 2 aliphatic heterocycles. The maximum atomic E-state index is 13.2. The van der Waals surface area contributed by atoms with E-state index >= 15 is 0 Å². The number of aromatic nitrogens is 2. The van der Waals surface area contributed by atoms with Gasteiger partial charge in [-0.2, -0.15) is 5.26 Å². The zero-order valence-corrected chi connectivity index (χ0v) is 14.2. The van der Waals surface area contributed by atoms with E-state index in [9.17, 15) is 20.2 Å². The number of rotatable bonds is 3. The SMILES string of the molecule is CCCc1[nH]nc2c1[C@@]1(C(=O)Nc3ccc([N+](=O)[O-])cc31)C(C#N)=C(N)O2. The number of H-pyrrole nitrogens is 1. The number of nitrogens with zero attached hydrogens (tertiary/aromatic N) is 3. The Bertz CT molecular complexity index is 1080. The van der Waals surface area contributed by atoms with Crippen LogP contribution in [-0.2, 0) is 16.6 Å². The van der Waals surface area contributed by atoms with Gasteiger partial charge in [0.25, 0.3) is 5.69 Å². The molecule has 4 N–H and O–H groups in total. The second kappa shape index (κ2) is 5.57. The Labute approximate surface area is 152 Å². The number of nitro groups is 1. The van der Waals surface area contributed by atoms with E-state index in [-0.39, 0.29) is 28.6 Å². The van der Waals surface area contributed by atoms with Crippen LogP contribution in [0.5, 0.6) is 5.88 Å². The van der Waals surface area contributed by atoms with Crippen LogP contribution in [0.1, 0.15) is 30.2 Å². The van der Waals surface area contributed by atoms with Gasteiger partial charge in [-0.25, -0.2) is 0 Å². The summed E-state index contributed by atoms with van der Waals surface area (Å²) < 4.78 is 5.47. The van der Waals surface area contributed by atoms with Gasteiger partial charge in [0.05, 0.1) is 10.5 Å². The molecule has 0 saturated carbocycles. The standard InChI is InChI=1S/C17H14N6O4/c1-2-3-12-13-15(22-21-12)27-14(19)10(7-18)17(13)9-6-8(23(25)26)4-5-11(9)20-16(17)24/h4-6H,2-3,19H2,1H3,(H,20,24)(H,21,22)/t17-/m0/s1. The Morgan fingerprint density at radius 1 is 1.48 bits per heavy atom. The summed E-state index contributed by atoms with van der Waals surface area (Å²) in [6.07, 6.45) is 1.29. The number of carbonyl (C=O) groups is 1. The molecule has 0 radical (unpaired) electrons. The second-order valence-electron chi connectivity index (χ2n) is 6.28. The molecule has 0 bridgehead atoms. The van der Waals surface area contributed by atoms with Crippen LogP contribution in [0.2, 0.25) is 0 Å². The number of amides is 1. The fraction of sp³-hybridized carbons (Fsp3) is 0.235. The molecular formula is C17H14N6O4. The van der Waals surface area contributed by atoms with Gasteiger partial charge in [0.2, 0.25) is 17.7 Å². The molecule has 2 aliphatic rings. The predicted octanol–water partition coefficient (Wildman–Crippen LogP) is 1.59. The van der Waals surface area contributed by atoms with Crippen molar-refractivity contribution in [1.82, 2.24) is 10.2 Å². The third-order valence-electron chi connectivity index (χ3n) is 4.83. The van der Waals surface area contributed by atoms with E-state index in [1.165, 1.54) is 18.2 Å². The van der Waals surface area contributed by atoms with Crippen molar-refractivity contribution < 1.29 is 14.5 Å². The van der Waals surface area contributed by atoms with Crippen LogP contribution in [-0.4, -0.2) is 21.0 Å². The van der Waals surface area contributed by atoms with Gasteiger partial charge in [-0.1, -0.05) is 13.3 Å². The summed E-state index contributed by atoms with van der Waals surface area (Å²) in [6, 6.07) is 5.99. The highest BCUT2D eigenvalue weighted by Crippen LogP contribution is 2.54. The second-order valence-corrected chi connectivity index (χ2v) is 6.28. The van der Waals surface area contributed by atoms with Crippen molar-refractivity contribution in [3.05, 3.63) is 56.6 Å². The fourth-order valence-electron chi connectivity index (χ4n) is 3.75. The topological polar surface area (TPSA) is 160 Å². The van der Waals surface area contributed by atoms with E-state index in [1.54, 1.807) is 0 Å². The molecule has 3 heterocycles. The van der Waals surface area contributed by atoms with Gasteiger partial charge in [-0.15, -0.1) is 5.10 Å². The molecule has 2 aromatic rings. The lowest BCUT2D eigenvalue weighted by molar-refractivity contribution is -0.384. The van der Waals surface area contributed by atoms with Gasteiger partial charge in [0, 0.05) is 29.1 Å². The summed E-state index contributed by atoms with van der Waals surface area (Å²) in [6.45, 7) is 1.95. The molecule has 0 saturated heterocycles. The molecule has 4 rings (SSSR count). The van der Waals surface area contributed by atoms with E-state index in [1.807, 2.05) is 13.0 Å². The van der Waals surface area contributed by atoms with Gasteiger partial charge in [-0.3, -0.25) is 20.0 Å². The fourth-order valence-corrected chi connectivity index (χ4v) is 3.75. The van der Waals surface area contributed by atoms with E-state index in [0.717, 1.165) is 6.42 Å². The lowest BCUT2D eigenvalue weighted by Crippen LogP contribution is -2.42. The molecule has 27 heavy (non-hydrogen) atoms. The number of ether oxygens (including phenoxy) is 1. The molecule has 10 nitrogen and oxygen atoms in total. The zero-order valence-electron chi connectivity index (χ0n) is 14.2. The van der Waals surface area contributed by atoms with Crippen LogP contribution >= 0.6 is 0 Å². The van der Waals surface area contributed by atoms with Crippen LogP contribution in [0.4, 0.5) is 11.4 Å². The van der Waals surface area contributed by atoms with Crippen LogP contribution in [0, 0.1) is 21.4 Å². The first-order chi connectivity index (χ1) is 12.9. The average Bonchev–Trinajstić information content (AvgIpc) is 3.15. The lowest BCUT2D eigenvalue weighted by Gasteiger charge is -2.31. The Balaban J connectivity index is 2.12. The lowest BCUT2D eigenvalue weighted by atomic mass is 9.68. The maximum absolute atomic E-state index is 13.2. The van der Waals surface area contributed by atoms with Crippen LogP contribution in [0.15, 0.2) is 29.7 Å². The highest BCUT2D eigenvalue weighted by Gasteiger charge is 2.58. The summed E-state index contributed by atoms with van der Waals surface area (Å²) in [5.74, 6) is -0.695. The Hall–Kier alpha value is -3.87. The number of anilines is 1. The Morgan fingerprint density at radius 3 is 2.93 bits per heavy atom. The maximum Gasteiger partial charge on any atom is 0.269 e. The molecular weight excluding hydrogens is 352 g/mol. The van der Waals surface area contributed by atoms with Crippen molar-refractivity contribution in [3.63, 3.8) is 0 Å². The highest BCUT2D eigenvalue weighted by atomic mass is 16.6. The molecule has 1 aromatic carbocycles. The van der Waals surface area contributed by atoms with Crippen molar-refractivity contribution in [2.75, 3.05) is 5.32 Å². The highest BCUT2D eigenvalue weighted by molar-refractivity contribution is 6.13. The van der Waals surface area contributed by atoms with E-state index < -0.39 is 16.2 Å².